The number of carbonyl (C=O) groups excluding carboxylic acids is 1. The monoisotopic (exact) mass is 433 g/mol. The topological polar surface area (TPSA) is 72.3 Å². The van der Waals surface area contributed by atoms with Gasteiger partial charge in [-0.2, -0.15) is 0 Å². The Bertz CT molecular complexity index is 1090. The third-order valence-corrected chi connectivity index (χ3v) is 6.64. The number of anilines is 2. The molecule has 1 amide bonds. The van der Waals surface area contributed by atoms with Crippen LogP contribution in [0.5, 0.6) is 0 Å². The second-order valence-corrected chi connectivity index (χ2v) is 8.72. The summed E-state index contributed by atoms with van der Waals surface area (Å²) >= 11 is 0. The van der Waals surface area contributed by atoms with E-state index in [0.717, 1.165) is 47.9 Å². The highest BCUT2D eigenvalue weighted by Gasteiger charge is 2.31. The first kappa shape index (κ1) is 20.9. The number of hydrogen-bond acceptors (Lipinski definition) is 5. The molecule has 5 rings (SSSR count). The van der Waals surface area contributed by atoms with E-state index in [1.165, 1.54) is 19.3 Å². The average molecular weight is 434 g/mol. The van der Waals surface area contributed by atoms with Gasteiger partial charge in [0.05, 0.1) is 29.9 Å². The fourth-order valence-corrected chi connectivity index (χ4v) is 4.94. The molecule has 2 aromatic heterocycles. The smallest absolute Gasteiger partial charge is 0.225 e. The molecule has 168 valence electrons. The van der Waals surface area contributed by atoms with Gasteiger partial charge in [-0.3, -0.25) is 4.79 Å². The van der Waals surface area contributed by atoms with Gasteiger partial charge in [0.2, 0.25) is 11.9 Å². The lowest BCUT2D eigenvalue weighted by Gasteiger charge is -2.35. The van der Waals surface area contributed by atoms with Crippen LogP contribution in [0, 0.1) is 5.92 Å². The molecular formula is C25H31N5O2. The molecule has 3 heterocycles. The Morgan fingerprint density at radius 3 is 2.78 bits per heavy atom. The van der Waals surface area contributed by atoms with Crippen LogP contribution in [0.1, 0.15) is 50.8 Å². The predicted molar refractivity (Wildman–Crippen MR) is 125 cm³/mol. The highest BCUT2D eigenvalue weighted by Crippen LogP contribution is 2.29. The first-order chi connectivity index (χ1) is 15.7. The first-order valence-corrected chi connectivity index (χ1v) is 11.8. The predicted octanol–water partition coefficient (Wildman–Crippen LogP) is 4.68. The number of ether oxygens (including phenoxy) is 1. The number of fused-ring (bicyclic) bond motifs is 1. The summed E-state index contributed by atoms with van der Waals surface area (Å²) in [6.07, 6.45) is 5.44. The fraction of sp³-hybridized carbons (Fsp3) is 0.480. The number of morpholine rings is 1. The summed E-state index contributed by atoms with van der Waals surface area (Å²) in [4.78, 5) is 24.6. The fourth-order valence-electron chi connectivity index (χ4n) is 4.94. The van der Waals surface area contributed by atoms with Crippen molar-refractivity contribution in [2.75, 3.05) is 25.0 Å². The van der Waals surface area contributed by atoms with E-state index >= 15 is 0 Å². The summed E-state index contributed by atoms with van der Waals surface area (Å²) in [5, 5.41) is 3.38. The number of imidazole rings is 1. The zero-order valence-corrected chi connectivity index (χ0v) is 18.7. The normalized spacial score (nSPS) is 19.9. The number of nitrogens with zero attached hydrogens (tertiary/aromatic N) is 4. The molecule has 2 aliphatic rings. The molecule has 1 saturated carbocycles. The molecule has 0 bridgehead atoms. The van der Waals surface area contributed by atoms with Crippen LogP contribution in [0.4, 0.5) is 11.8 Å². The minimum absolute atomic E-state index is 0.186. The number of aryl methyl sites for hydroxylation is 1. The van der Waals surface area contributed by atoms with Crippen LogP contribution < -0.4 is 5.32 Å². The van der Waals surface area contributed by atoms with Crippen molar-refractivity contribution in [3.8, 4) is 0 Å². The lowest BCUT2D eigenvalue weighted by Crippen LogP contribution is -2.45. The second kappa shape index (κ2) is 9.28. The van der Waals surface area contributed by atoms with Crippen LogP contribution >= 0.6 is 0 Å². The van der Waals surface area contributed by atoms with Gasteiger partial charge in [0.25, 0.3) is 0 Å². The number of nitrogens with one attached hydrogen (secondary N) is 1. The maximum absolute atomic E-state index is 13.0. The number of aromatic nitrogens is 3. The van der Waals surface area contributed by atoms with Gasteiger partial charge in [-0.1, -0.05) is 37.5 Å². The second-order valence-electron chi connectivity index (χ2n) is 8.72. The van der Waals surface area contributed by atoms with Crippen LogP contribution in [-0.2, 0) is 16.1 Å². The Morgan fingerprint density at radius 2 is 1.94 bits per heavy atom. The van der Waals surface area contributed by atoms with Crippen molar-refractivity contribution in [1.82, 2.24) is 19.4 Å². The summed E-state index contributed by atoms with van der Waals surface area (Å²) in [6, 6.07) is 14.0. The van der Waals surface area contributed by atoms with Gasteiger partial charge >= 0.3 is 0 Å². The Hall–Kier alpha value is -2.93. The van der Waals surface area contributed by atoms with Crippen LogP contribution in [0.15, 0.2) is 42.5 Å². The van der Waals surface area contributed by atoms with Gasteiger partial charge in [-0.25, -0.2) is 9.97 Å². The molecule has 1 aliphatic heterocycles. The third kappa shape index (κ3) is 4.21. The number of pyridine rings is 1. The van der Waals surface area contributed by atoms with Crippen molar-refractivity contribution in [3.63, 3.8) is 0 Å². The summed E-state index contributed by atoms with van der Waals surface area (Å²) in [5.74, 6) is 1.98. The molecule has 1 saturated heterocycles. The highest BCUT2D eigenvalue weighted by atomic mass is 16.5. The van der Waals surface area contributed by atoms with Crippen molar-refractivity contribution >= 4 is 28.7 Å². The van der Waals surface area contributed by atoms with Gasteiger partial charge in [-0.05, 0) is 44.0 Å². The van der Waals surface area contributed by atoms with Crippen molar-refractivity contribution in [1.29, 1.82) is 0 Å². The van der Waals surface area contributed by atoms with E-state index in [4.69, 9.17) is 14.7 Å². The molecule has 1 unspecified atom stereocenters. The van der Waals surface area contributed by atoms with E-state index in [-0.39, 0.29) is 12.0 Å². The molecule has 7 nitrogen and oxygen atoms in total. The van der Waals surface area contributed by atoms with Crippen molar-refractivity contribution in [2.24, 2.45) is 5.92 Å². The highest BCUT2D eigenvalue weighted by molar-refractivity contribution is 5.80. The maximum atomic E-state index is 13.0. The maximum Gasteiger partial charge on any atom is 0.225 e. The van der Waals surface area contributed by atoms with Crippen LogP contribution in [0.25, 0.3) is 11.0 Å². The van der Waals surface area contributed by atoms with Gasteiger partial charge in [0.15, 0.2) is 0 Å². The number of rotatable bonds is 5. The van der Waals surface area contributed by atoms with E-state index in [0.29, 0.717) is 25.6 Å². The molecule has 32 heavy (non-hydrogen) atoms. The Labute approximate surface area is 188 Å². The number of hydrogen-bond donors (Lipinski definition) is 1. The van der Waals surface area contributed by atoms with Gasteiger partial charge < -0.3 is 19.5 Å². The molecule has 2 fully saturated rings. The first-order valence-electron chi connectivity index (χ1n) is 11.8. The number of para-hydroxylation sites is 2. The molecule has 7 heteroatoms. The summed E-state index contributed by atoms with van der Waals surface area (Å²) in [7, 11) is 0. The van der Waals surface area contributed by atoms with Crippen LogP contribution in [0.2, 0.25) is 0 Å². The molecule has 0 radical (unpaired) electrons. The number of benzene rings is 1. The molecule has 3 aromatic rings. The molecule has 0 spiro atoms. The zero-order chi connectivity index (χ0) is 21.9. The summed E-state index contributed by atoms with van der Waals surface area (Å²) in [6.45, 7) is 4.71. The van der Waals surface area contributed by atoms with Gasteiger partial charge in [0.1, 0.15) is 11.9 Å². The summed E-state index contributed by atoms with van der Waals surface area (Å²) in [5.41, 5.74) is 2.90. The molecule has 1 aromatic carbocycles. The zero-order valence-electron chi connectivity index (χ0n) is 18.7. The van der Waals surface area contributed by atoms with E-state index in [1.807, 2.05) is 41.3 Å². The van der Waals surface area contributed by atoms with Gasteiger partial charge in [0, 0.05) is 19.0 Å². The Kier molecular flexibility index (Phi) is 6.08. The Balaban J connectivity index is 1.32. The Morgan fingerprint density at radius 1 is 1.09 bits per heavy atom. The van der Waals surface area contributed by atoms with Crippen molar-refractivity contribution in [2.45, 2.75) is 51.7 Å². The molecule has 1 atom stereocenters. The minimum Gasteiger partial charge on any atom is -0.368 e. The van der Waals surface area contributed by atoms with E-state index in [9.17, 15) is 4.79 Å². The standard InChI is InChI=1S/C25H31N5O2/c1-2-30-21-13-7-6-11-19(21)27-25(30)28-23-14-8-12-20(26-23)22-17-29(15-16-32-22)24(31)18-9-4-3-5-10-18/h6-8,11-14,18,22H,2-5,9-10,15-17H2,1H3,(H,26,27,28). The lowest BCUT2D eigenvalue weighted by molar-refractivity contribution is -0.144. The summed E-state index contributed by atoms with van der Waals surface area (Å²) < 4.78 is 8.17. The average Bonchev–Trinajstić information content (AvgIpc) is 3.21. The number of carbonyl (C=O) groups is 1. The van der Waals surface area contributed by atoms with Crippen molar-refractivity contribution in [3.05, 3.63) is 48.2 Å². The van der Waals surface area contributed by atoms with Crippen LogP contribution in [-0.4, -0.2) is 45.0 Å². The quantitative estimate of drug-likeness (QED) is 0.633. The minimum atomic E-state index is -0.206. The largest absolute Gasteiger partial charge is 0.368 e. The lowest BCUT2D eigenvalue weighted by atomic mass is 9.88. The van der Waals surface area contributed by atoms with E-state index in [1.54, 1.807) is 0 Å². The molecular weight excluding hydrogens is 402 g/mol. The SMILES string of the molecule is CCn1c(Nc2cccc(C3CN(C(=O)C4CCCCC4)CCO3)n2)nc2ccccc21. The van der Waals surface area contributed by atoms with E-state index < -0.39 is 0 Å². The van der Waals surface area contributed by atoms with Crippen LogP contribution in [0.3, 0.4) is 0 Å². The van der Waals surface area contributed by atoms with Gasteiger partial charge in [-0.15, -0.1) is 0 Å². The molecule has 1 N–H and O–H groups in total. The molecule has 1 aliphatic carbocycles. The number of amides is 1. The van der Waals surface area contributed by atoms with E-state index in [2.05, 4.69) is 22.9 Å². The van der Waals surface area contributed by atoms with Crippen molar-refractivity contribution < 1.29 is 9.53 Å². The third-order valence-electron chi connectivity index (χ3n) is 6.64.